The van der Waals surface area contributed by atoms with Gasteiger partial charge in [-0.15, -0.1) is 0 Å². The summed E-state index contributed by atoms with van der Waals surface area (Å²) in [5, 5.41) is 8.41. The Morgan fingerprint density at radius 2 is 2.22 bits per heavy atom. The second-order valence-electron chi connectivity index (χ2n) is 4.46. The predicted molar refractivity (Wildman–Crippen MR) is 63.0 cm³/mol. The van der Waals surface area contributed by atoms with Gasteiger partial charge < -0.3 is 4.90 Å². The summed E-state index contributed by atoms with van der Waals surface area (Å²) in [5.41, 5.74) is 0. The molecule has 3 amide bonds. The lowest BCUT2D eigenvalue weighted by Gasteiger charge is -2.18. The Morgan fingerprint density at radius 1 is 1.56 bits per heavy atom. The van der Waals surface area contributed by atoms with Gasteiger partial charge in [-0.25, -0.2) is 0 Å². The molecule has 0 saturated carbocycles. The summed E-state index contributed by atoms with van der Waals surface area (Å²) in [4.78, 5) is 37.4. The lowest BCUT2D eigenvalue weighted by Crippen LogP contribution is -2.35. The Bertz CT molecular complexity index is 400. The van der Waals surface area contributed by atoms with E-state index in [1.54, 1.807) is 14.0 Å². The molecule has 0 spiro atoms. The third kappa shape index (κ3) is 3.29. The first-order chi connectivity index (χ1) is 8.47. The number of amides is 3. The third-order valence-corrected chi connectivity index (χ3v) is 3.00. The molecule has 1 rings (SSSR count). The number of nitriles is 1. The fraction of sp³-hybridized carbons (Fsp3) is 0.667. The number of imide groups is 1. The molecule has 1 saturated heterocycles. The first-order valence-corrected chi connectivity index (χ1v) is 5.92. The minimum Gasteiger partial charge on any atom is -0.345 e. The van der Waals surface area contributed by atoms with Gasteiger partial charge in [0.2, 0.25) is 17.7 Å². The van der Waals surface area contributed by atoms with Gasteiger partial charge in [0.05, 0.1) is 12.5 Å². The minimum absolute atomic E-state index is 0.117. The van der Waals surface area contributed by atoms with Crippen LogP contribution in [0.2, 0.25) is 0 Å². The number of carbonyl (C=O) groups is 3. The molecule has 1 unspecified atom stereocenters. The lowest BCUT2D eigenvalue weighted by atomic mass is 10.1. The number of carbonyl (C=O) groups excluding carboxylic acids is 3. The summed E-state index contributed by atoms with van der Waals surface area (Å²) in [6.07, 6.45) is 0.629. The van der Waals surface area contributed by atoms with E-state index in [1.807, 2.05) is 6.07 Å². The molecule has 1 aliphatic heterocycles. The third-order valence-electron chi connectivity index (χ3n) is 3.00. The van der Waals surface area contributed by atoms with Gasteiger partial charge in [0.15, 0.2) is 0 Å². The minimum atomic E-state index is -0.274. The van der Waals surface area contributed by atoms with E-state index in [4.69, 9.17) is 5.26 Å². The lowest BCUT2D eigenvalue weighted by molar-refractivity contribution is -0.140. The van der Waals surface area contributed by atoms with Crippen LogP contribution >= 0.6 is 0 Å². The van der Waals surface area contributed by atoms with Gasteiger partial charge in [0.1, 0.15) is 0 Å². The van der Waals surface area contributed by atoms with Crippen molar-refractivity contribution in [1.82, 2.24) is 9.80 Å². The van der Waals surface area contributed by atoms with Crippen molar-refractivity contribution in [3.63, 3.8) is 0 Å². The largest absolute Gasteiger partial charge is 0.345 e. The Morgan fingerprint density at radius 3 is 2.72 bits per heavy atom. The Balaban J connectivity index is 2.41. The van der Waals surface area contributed by atoms with E-state index < -0.39 is 0 Å². The van der Waals surface area contributed by atoms with E-state index in [9.17, 15) is 14.4 Å². The maximum atomic E-state index is 11.7. The zero-order valence-electron chi connectivity index (χ0n) is 10.7. The van der Waals surface area contributed by atoms with Crippen LogP contribution in [-0.2, 0) is 14.4 Å². The molecule has 0 bridgehead atoms. The van der Waals surface area contributed by atoms with Gasteiger partial charge in [0, 0.05) is 38.9 Å². The molecule has 0 aromatic carbocycles. The number of likely N-dealkylation sites (tertiary alicyclic amines) is 1. The molecular formula is C12H17N3O3. The topological polar surface area (TPSA) is 81.5 Å². The van der Waals surface area contributed by atoms with Gasteiger partial charge in [-0.1, -0.05) is 6.92 Å². The van der Waals surface area contributed by atoms with E-state index >= 15 is 0 Å². The molecule has 98 valence electrons. The maximum Gasteiger partial charge on any atom is 0.232 e. The van der Waals surface area contributed by atoms with Crippen LogP contribution in [0.1, 0.15) is 26.2 Å². The van der Waals surface area contributed by atoms with E-state index in [0.717, 1.165) is 4.90 Å². The number of hydrogen-bond donors (Lipinski definition) is 0. The van der Waals surface area contributed by atoms with Crippen molar-refractivity contribution in [1.29, 1.82) is 5.26 Å². The van der Waals surface area contributed by atoms with Crippen molar-refractivity contribution >= 4 is 17.7 Å². The normalized spacial score (nSPS) is 18.9. The van der Waals surface area contributed by atoms with Crippen molar-refractivity contribution in [2.45, 2.75) is 26.2 Å². The van der Waals surface area contributed by atoms with Crippen LogP contribution < -0.4 is 0 Å². The Labute approximate surface area is 106 Å². The molecule has 6 heteroatoms. The maximum absolute atomic E-state index is 11.7. The zero-order valence-corrected chi connectivity index (χ0v) is 10.7. The van der Waals surface area contributed by atoms with Gasteiger partial charge in [-0.05, 0) is 0 Å². The van der Waals surface area contributed by atoms with Crippen molar-refractivity contribution in [2.75, 3.05) is 20.1 Å². The predicted octanol–water partition coefficient (Wildman–Crippen LogP) is 0.144. The van der Waals surface area contributed by atoms with E-state index in [2.05, 4.69) is 0 Å². The molecule has 1 heterocycles. The fourth-order valence-corrected chi connectivity index (χ4v) is 1.82. The Hall–Kier alpha value is -1.90. The highest BCUT2D eigenvalue weighted by atomic mass is 16.2. The Kier molecular flexibility index (Phi) is 4.84. The van der Waals surface area contributed by atoms with Crippen LogP contribution in [0.15, 0.2) is 0 Å². The SMILES string of the molecule is CC1CC(=O)N(CCC(=O)N(C)CCC#N)C1=O. The average molecular weight is 251 g/mol. The highest BCUT2D eigenvalue weighted by Crippen LogP contribution is 2.18. The van der Waals surface area contributed by atoms with Crippen LogP contribution in [-0.4, -0.2) is 47.7 Å². The van der Waals surface area contributed by atoms with Crippen LogP contribution in [0.25, 0.3) is 0 Å². The second-order valence-corrected chi connectivity index (χ2v) is 4.46. The highest BCUT2D eigenvalue weighted by Gasteiger charge is 2.35. The smallest absolute Gasteiger partial charge is 0.232 e. The molecule has 0 N–H and O–H groups in total. The molecule has 0 radical (unpaired) electrons. The zero-order chi connectivity index (χ0) is 13.7. The monoisotopic (exact) mass is 251 g/mol. The van der Waals surface area contributed by atoms with Crippen molar-refractivity contribution < 1.29 is 14.4 Å². The first kappa shape index (κ1) is 14.2. The fourth-order valence-electron chi connectivity index (χ4n) is 1.82. The van der Waals surface area contributed by atoms with Crippen LogP contribution in [0.3, 0.4) is 0 Å². The first-order valence-electron chi connectivity index (χ1n) is 5.92. The summed E-state index contributed by atoms with van der Waals surface area (Å²) < 4.78 is 0. The van der Waals surface area contributed by atoms with Crippen LogP contribution in [0, 0.1) is 17.2 Å². The molecule has 0 aromatic heterocycles. The van der Waals surface area contributed by atoms with Gasteiger partial charge in [-0.3, -0.25) is 19.3 Å². The van der Waals surface area contributed by atoms with E-state index in [1.165, 1.54) is 4.90 Å². The summed E-state index contributed by atoms with van der Waals surface area (Å²) in [6.45, 7) is 2.21. The van der Waals surface area contributed by atoms with Crippen LogP contribution in [0.4, 0.5) is 0 Å². The summed E-state index contributed by atoms with van der Waals surface area (Å²) >= 11 is 0. The van der Waals surface area contributed by atoms with Crippen molar-refractivity contribution in [2.24, 2.45) is 5.92 Å². The number of nitrogens with zero attached hydrogens (tertiary/aromatic N) is 3. The van der Waals surface area contributed by atoms with Gasteiger partial charge >= 0.3 is 0 Å². The molecule has 6 nitrogen and oxygen atoms in total. The molecule has 0 aliphatic carbocycles. The standard InChI is InChI=1S/C12H17N3O3/c1-9-8-11(17)15(12(9)18)7-4-10(16)14(2)6-3-5-13/h9H,3-4,6-8H2,1-2H3. The highest BCUT2D eigenvalue weighted by molar-refractivity contribution is 6.03. The van der Waals surface area contributed by atoms with E-state index in [-0.39, 0.29) is 49.4 Å². The summed E-state index contributed by atoms with van der Waals surface area (Å²) in [5.74, 6) is -0.846. The van der Waals surface area contributed by atoms with E-state index in [0.29, 0.717) is 6.54 Å². The molecule has 1 atom stereocenters. The molecular weight excluding hydrogens is 234 g/mol. The molecule has 0 aromatic rings. The van der Waals surface area contributed by atoms with Gasteiger partial charge in [-0.2, -0.15) is 5.26 Å². The number of rotatable bonds is 5. The van der Waals surface area contributed by atoms with Crippen molar-refractivity contribution in [3.8, 4) is 6.07 Å². The van der Waals surface area contributed by atoms with Gasteiger partial charge in [0.25, 0.3) is 0 Å². The summed E-state index contributed by atoms with van der Waals surface area (Å²) in [6, 6.07) is 1.96. The van der Waals surface area contributed by atoms with Crippen LogP contribution in [0.5, 0.6) is 0 Å². The summed E-state index contributed by atoms with van der Waals surface area (Å²) in [7, 11) is 1.61. The van der Waals surface area contributed by atoms with Crippen molar-refractivity contribution in [3.05, 3.63) is 0 Å². The quantitative estimate of drug-likeness (QED) is 0.651. The molecule has 1 aliphatic rings. The number of hydrogen-bond acceptors (Lipinski definition) is 4. The average Bonchev–Trinajstić information content (AvgIpc) is 2.58. The second kappa shape index (κ2) is 6.15. The molecule has 1 fully saturated rings. The molecule has 18 heavy (non-hydrogen) atoms.